The number of guanidine groups is 1. The van der Waals surface area contributed by atoms with E-state index >= 15 is 0 Å². The summed E-state index contributed by atoms with van der Waals surface area (Å²) in [6, 6.07) is 4.36. The fourth-order valence-corrected chi connectivity index (χ4v) is 10.6. The molecule has 91 heavy (non-hydrogen) atoms. The molecule has 0 radical (unpaired) electrons. The van der Waals surface area contributed by atoms with Crippen LogP contribution in [-0.2, 0) is 61.4 Å². The number of aliphatic imine (C=N–C) groups is 1. The Morgan fingerprint density at radius 1 is 0.747 bits per heavy atom. The molecule has 0 bridgehead atoms. The molecular weight excluding hydrogens is 1180 g/mol. The van der Waals surface area contributed by atoms with E-state index in [0.717, 1.165) is 5.56 Å². The van der Waals surface area contributed by atoms with Gasteiger partial charge in [0.25, 0.3) is 5.91 Å². The highest BCUT2D eigenvalue weighted by Crippen LogP contribution is 2.31. The van der Waals surface area contributed by atoms with Gasteiger partial charge in [0.05, 0.1) is 43.6 Å². The van der Waals surface area contributed by atoms with Crippen molar-refractivity contribution in [1.82, 2.24) is 42.1 Å². The maximum atomic E-state index is 14.4. The molecule has 3 aromatic rings. The number of carboxylic acid groups (broad SMARTS) is 1. The van der Waals surface area contributed by atoms with Crippen LogP contribution in [0, 0.1) is 24.7 Å². The number of likely N-dealkylation sites (tertiary alicyclic amines) is 1. The van der Waals surface area contributed by atoms with Crippen molar-refractivity contribution in [3.63, 3.8) is 0 Å². The SMILES string of the molecule is COc1cc2c(cc1O)cc(C(=O)N[C@H](COC(=O)[C@H](CCCCN)NC(=O)[C@H](CC(C)C)NC(=O)[C@H](CC(=O)O)NC(=O)[C@H](CC(C)C)NC(=O)[C@H](CC(C)C)NC(=O)CNC(=O)[C@@H]1CCCN1C(=O)[C@@H](N)CCCN=C(N)N)Cc1ccccc1)c(C)[n+]2C. The second-order valence-electron chi connectivity index (χ2n) is 24.4. The number of ether oxygens (including phenoxy) is 2. The monoisotopic (exact) mass is 1270 g/mol. The number of esters is 1. The van der Waals surface area contributed by atoms with E-state index in [4.69, 9.17) is 32.4 Å². The van der Waals surface area contributed by atoms with E-state index in [9.17, 15) is 58.2 Å². The van der Waals surface area contributed by atoms with Crippen LogP contribution in [0.25, 0.3) is 10.9 Å². The highest BCUT2D eigenvalue weighted by molar-refractivity contribution is 5.99. The lowest BCUT2D eigenvalue weighted by atomic mass is 9.99. The summed E-state index contributed by atoms with van der Waals surface area (Å²) in [5, 5.41) is 39.8. The van der Waals surface area contributed by atoms with Gasteiger partial charge in [-0.15, -0.1) is 0 Å². The number of aromatic hydroxyl groups is 1. The lowest BCUT2D eigenvalue weighted by molar-refractivity contribution is -0.651. The molecule has 2 heterocycles. The first-order valence-corrected chi connectivity index (χ1v) is 31.1. The van der Waals surface area contributed by atoms with Gasteiger partial charge in [0, 0.05) is 20.0 Å². The van der Waals surface area contributed by atoms with Gasteiger partial charge in [0.15, 0.2) is 23.2 Å². The highest BCUT2D eigenvalue weighted by atomic mass is 16.5. The van der Waals surface area contributed by atoms with Gasteiger partial charge >= 0.3 is 11.9 Å². The molecule has 1 saturated heterocycles. The summed E-state index contributed by atoms with van der Waals surface area (Å²) < 4.78 is 13.0. The largest absolute Gasteiger partial charge is 0.504 e. The Labute approximate surface area is 531 Å². The van der Waals surface area contributed by atoms with Crippen molar-refractivity contribution < 1.29 is 72.2 Å². The second-order valence-corrected chi connectivity index (χ2v) is 24.4. The van der Waals surface area contributed by atoms with Crippen molar-refractivity contribution in [1.29, 1.82) is 0 Å². The van der Waals surface area contributed by atoms with Gasteiger partial charge in [-0.05, 0) is 113 Å². The van der Waals surface area contributed by atoms with E-state index in [0.29, 0.717) is 48.7 Å². The minimum absolute atomic E-state index is 0.00125. The van der Waals surface area contributed by atoms with Crippen LogP contribution in [0.5, 0.6) is 11.5 Å². The number of methoxy groups -OCH3 is 1. The number of nitrogens with one attached hydrogen (secondary N) is 7. The first-order valence-electron chi connectivity index (χ1n) is 31.1. The van der Waals surface area contributed by atoms with Gasteiger partial charge in [0.1, 0.15) is 55.5 Å². The zero-order chi connectivity index (χ0) is 67.6. The number of pyridine rings is 1. The number of phenolic OH excluding ortho intramolecular Hbond substituents is 1. The Bertz CT molecular complexity index is 3030. The number of benzene rings is 2. The number of carboxylic acids is 1. The fourth-order valence-electron chi connectivity index (χ4n) is 10.6. The smallest absolute Gasteiger partial charge is 0.328 e. The summed E-state index contributed by atoms with van der Waals surface area (Å²) in [5.74, 6) is -8.81. The molecule has 2 aromatic carbocycles. The Morgan fingerprint density at radius 3 is 1.88 bits per heavy atom. The third kappa shape index (κ3) is 24.2. The van der Waals surface area contributed by atoms with Gasteiger partial charge in [-0.1, -0.05) is 71.9 Å². The zero-order valence-electron chi connectivity index (χ0n) is 53.9. The van der Waals surface area contributed by atoms with Crippen LogP contribution in [-0.4, -0.2) is 168 Å². The molecular formula is C63H97N14O14+. The summed E-state index contributed by atoms with van der Waals surface area (Å²) in [6.07, 6.45) is 1.84. The third-order valence-electron chi connectivity index (χ3n) is 15.4. The average Bonchev–Trinajstić information content (AvgIpc) is 1.23. The highest BCUT2D eigenvalue weighted by Gasteiger charge is 2.38. The molecule has 8 atom stereocenters. The molecule has 0 spiro atoms. The Hall–Kier alpha value is -8.66. The van der Waals surface area contributed by atoms with Crippen molar-refractivity contribution in [2.75, 3.05) is 39.9 Å². The predicted octanol–water partition coefficient (Wildman–Crippen LogP) is 0.225. The standard InChI is InChI=1S/C63H96N14O14/c1-35(2)25-45(71-53(79)33-69-60(87)49-21-16-24-77(49)61(88)43(65)19-15-23-68-63(66)67)56(83)73-47(27-37(5)6)58(85)75-48(31-54(80)81)59(86)74-46(26-36(3)4)57(84)72-44(20-13-14-22-64)62(89)91-34-41(28-39-17-11-10-12-18-39)70-55(82)42-29-40-30-51(78)52(90-9)32-50(40)76(8)38(42)7/h10-12,17-18,29-30,32,35-37,41,43-49H,13-16,19-28,31,33-34,64-65H2,1-9H3,(H12-,66,67,68,69,70,71,72,73,74,75,78,79,80,81,82,83,84,85,86,87)/p+1/t41-,43-,44-,45-,46-,47-,48-,49-/m0/s1. The van der Waals surface area contributed by atoms with E-state index < -0.39 is 120 Å². The van der Waals surface area contributed by atoms with Crippen LogP contribution in [0.4, 0.5) is 0 Å². The van der Waals surface area contributed by atoms with E-state index in [1.165, 1.54) is 18.1 Å². The molecule has 1 aromatic heterocycles. The van der Waals surface area contributed by atoms with Crippen molar-refractivity contribution in [2.24, 2.45) is 52.7 Å². The summed E-state index contributed by atoms with van der Waals surface area (Å²) in [5.41, 5.74) is 25.1. The van der Waals surface area contributed by atoms with Gasteiger partial charge < -0.3 is 84.7 Å². The maximum Gasteiger partial charge on any atom is 0.328 e. The fraction of sp³-hybridized carbons (Fsp3) is 0.587. The van der Waals surface area contributed by atoms with Gasteiger partial charge in [-0.25, -0.2) is 4.79 Å². The molecule has 28 nitrogen and oxygen atoms in total. The number of carbonyl (C=O) groups is 10. The molecule has 502 valence electrons. The van der Waals surface area contributed by atoms with Crippen molar-refractivity contribution in [3.8, 4) is 11.5 Å². The topological polar surface area (TPSA) is 437 Å². The first kappa shape index (κ1) is 74.8. The summed E-state index contributed by atoms with van der Waals surface area (Å²) >= 11 is 0. The van der Waals surface area contributed by atoms with Gasteiger partial charge in [-0.2, -0.15) is 4.57 Å². The average molecular weight is 1270 g/mol. The molecule has 0 unspecified atom stereocenters. The van der Waals surface area contributed by atoms with Crippen LogP contribution in [0.15, 0.2) is 53.5 Å². The molecule has 4 rings (SSSR count). The number of phenols is 1. The van der Waals surface area contributed by atoms with Crippen molar-refractivity contribution in [3.05, 3.63) is 65.4 Å². The molecule has 8 amide bonds. The van der Waals surface area contributed by atoms with Crippen molar-refractivity contribution >= 4 is 76.1 Å². The zero-order valence-corrected chi connectivity index (χ0v) is 53.9. The van der Waals surface area contributed by atoms with Crippen LogP contribution in [0.1, 0.15) is 134 Å². The lowest BCUT2D eigenvalue weighted by Gasteiger charge is -2.28. The number of fused-ring (bicyclic) bond motifs is 1. The molecule has 0 aliphatic carbocycles. The first-order chi connectivity index (χ1) is 43.0. The molecule has 17 N–H and O–H groups in total. The number of amides is 8. The number of nitrogens with two attached hydrogens (primary N) is 4. The van der Waals surface area contributed by atoms with E-state index in [2.05, 4.69) is 42.2 Å². The Morgan fingerprint density at radius 2 is 1.32 bits per heavy atom. The third-order valence-corrected chi connectivity index (χ3v) is 15.4. The number of hydrogen-bond acceptors (Lipinski definition) is 16. The van der Waals surface area contributed by atoms with E-state index in [1.54, 1.807) is 72.2 Å². The summed E-state index contributed by atoms with van der Waals surface area (Å²) in [6.45, 7) is 12.4. The number of aliphatic carboxylic acids is 1. The number of nitrogens with zero attached hydrogens (tertiary/aromatic N) is 3. The number of aryl methyl sites for hydroxylation is 1. The summed E-state index contributed by atoms with van der Waals surface area (Å²) in [7, 11) is 3.21. The van der Waals surface area contributed by atoms with Gasteiger partial charge in [0.2, 0.25) is 46.9 Å². The van der Waals surface area contributed by atoms with E-state index in [1.807, 2.05) is 30.3 Å². The summed E-state index contributed by atoms with van der Waals surface area (Å²) in [4.78, 5) is 143. The van der Waals surface area contributed by atoms with Crippen LogP contribution in [0.2, 0.25) is 0 Å². The molecule has 0 saturated carbocycles. The number of rotatable bonds is 37. The van der Waals surface area contributed by atoms with Crippen LogP contribution in [0.3, 0.4) is 0 Å². The minimum atomic E-state index is -1.79. The Balaban J connectivity index is 1.48. The Kier molecular flexibility index (Phi) is 30.3. The number of hydrogen-bond donors (Lipinski definition) is 13. The lowest BCUT2D eigenvalue weighted by Crippen LogP contribution is -2.59. The minimum Gasteiger partial charge on any atom is -0.504 e. The molecule has 1 aliphatic heterocycles. The number of aromatic nitrogens is 1. The maximum absolute atomic E-state index is 14.4. The number of unbranched alkanes of at least 4 members (excludes halogenated alkanes) is 1. The quantitative estimate of drug-likeness (QED) is 0.0121. The molecule has 1 fully saturated rings. The van der Waals surface area contributed by atoms with E-state index in [-0.39, 0.29) is 106 Å². The second kappa shape index (κ2) is 36.9. The molecule has 28 heteroatoms. The molecule has 1 aliphatic rings. The predicted molar refractivity (Wildman–Crippen MR) is 339 cm³/mol. The normalized spacial score (nSPS) is 15.3. The number of carbonyl (C=O) groups excluding carboxylic acids is 9. The van der Waals surface area contributed by atoms with Crippen LogP contribution < -0.4 is 69.5 Å². The van der Waals surface area contributed by atoms with Crippen molar-refractivity contribution in [2.45, 2.75) is 174 Å². The van der Waals surface area contributed by atoms with Crippen LogP contribution >= 0.6 is 0 Å². The van der Waals surface area contributed by atoms with Gasteiger partial charge in [-0.3, -0.25) is 48.1 Å².